The van der Waals surface area contributed by atoms with E-state index in [0.29, 0.717) is 15.5 Å². The second-order valence-corrected chi connectivity index (χ2v) is 10.5. The number of fused-ring (bicyclic) bond motifs is 2. The van der Waals surface area contributed by atoms with Crippen molar-refractivity contribution in [3.63, 3.8) is 0 Å². The molecule has 1 saturated carbocycles. The van der Waals surface area contributed by atoms with Crippen LogP contribution in [0.1, 0.15) is 52.8 Å². The quantitative estimate of drug-likeness (QED) is 0.230. The summed E-state index contributed by atoms with van der Waals surface area (Å²) in [7, 11) is 0. The molecule has 0 atom stereocenters. The third-order valence-electron chi connectivity index (χ3n) is 6.00. The minimum Gasteiger partial charge on any atom is -0.353 e. The first-order valence-electron chi connectivity index (χ1n) is 10.9. The molecule has 174 valence electrons. The smallest absolute Gasteiger partial charge is 0.283 e. The molecule has 0 saturated heterocycles. The van der Waals surface area contributed by atoms with Gasteiger partial charge in [-0.2, -0.15) is 0 Å². The van der Waals surface area contributed by atoms with Crippen molar-refractivity contribution in [2.75, 3.05) is 10.7 Å². The van der Waals surface area contributed by atoms with Crippen molar-refractivity contribution in [2.45, 2.75) is 42.5 Å². The van der Waals surface area contributed by atoms with Gasteiger partial charge in [-0.05, 0) is 37.1 Å². The van der Waals surface area contributed by atoms with Gasteiger partial charge in [0.25, 0.3) is 17.5 Å². The van der Waals surface area contributed by atoms with Gasteiger partial charge in [0.1, 0.15) is 5.56 Å². The molecule has 3 amide bonds. The Morgan fingerprint density at radius 3 is 2.74 bits per heavy atom. The monoisotopic (exact) mass is 496 g/mol. The third-order valence-corrected chi connectivity index (χ3v) is 8.16. The number of benzene rings is 2. The Kier molecular flexibility index (Phi) is 6.05. The van der Waals surface area contributed by atoms with Crippen LogP contribution in [0.4, 0.5) is 11.4 Å². The number of thiazole rings is 1. The van der Waals surface area contributed by atoms with E-state index in [1.54, 1.807) is 18.2 Å². The maximum atomic E-state index is 13.0. The lowest BCUT2D eigenvalue weighted by atomic mass is 9.95. The van der Waals surface area contributed by atoms with Crippen LogP contribution in [0.3, 0.4) is 0 Å². The molecule has 5 rings (SSSR count). The summed E-state index contributed by atoms with van der Waals surface area (Å²) >= 11 is 2.72. The molecule has 2 aromatic carbocycles. The molecule has 3 aromatic rings. The summed E-state index contributed by atoms with van der Waals surface area (Å²) in [6.45, 7) is 0. The number of imide groups is 1. The van der Waals surface area contributed by atoms with Crippen molar-refractivity contribution in [1.29, 1.82) is 0 Å². The fourth-order valence-electron chi connectivity index (χ4n) is 4.39. The lowest BCUT2D eigenvalue weighted by molar-refractivity contribution is -0.385. The second-order valence-electron chi connectivity index (χ2n) is 8.23. The number of aromatic nitrogens is 1. The number of nitrogens with one attached hydrogen (secondary N) is 1. The van der Waals surface area contributed by atoms with Crippen molar-refractivity contribution >= 4 is 62.4 Å². The predicted molar refractivity (Wildman–Crippen MR) is 130 cm³/mol. The third kappa shape index (κ3) is 4.16. The number of anilines is 1. The summed E-state index contributed by atoms with van der Waals surface area (Å²) in [6.07, 6.45) is 5.59. The van der Waals surface area contributed by atoms with Gasteiger partial charge in [-0.1, -0.05) is 37.1 Å². The number of nitro benzene ring substituents is 1. The molecule has 1 aromatic heterocycles. The summed E-state index contributed by atoms with van der Waals surface area (Å²) in [6, 6.07) is 9.26. The maximum absolute atomic E-state index is 13.0. The molecule has 2 aliphatic rings. The number of hydrogen-bond donors (Lipinski definition) is 1. The molecule has 0 radical (unpaired) electrons. The Bertz CT molecular complexity index is 1330. The van der Waals surface area contributed by atoms with Gasteiger partial charge in [0, 0.05) is 12.1 Å². The van der Waals surface area contributed by atoms with Crippen molar-refractivity contribution in [2.24, 2.45) is 0 Å². The highest BCUT2D eigenvalue weighted by atomic mass is 32.2. The molecule has 2 heterocycles. The molecular formula is C23H20N4O5S2. The topological polar surface area (TPSA) is 123 Å². The van der Waals surface area contributed by atoms with Gasteiger partial charge in [-0.3, -0.25) is 24.5 Å². The highest BCUT2D eigenvalue weighted by Crippen LogP contribution is 2.37. The molecule has 1 N–H and O–H groups in total. The first-order chi connectivity index (χ1) is 16.4. The fourth-order valence-corrected chi connectivity index (χ4v) is 6.30. The first-order valence-corrected chi connectivity index (χ1v) is 12.7. The van der Waals surface area contributed by atoms with E-state index in [-0.39, 0.29) is 34.5 Å². The second kappa shape index (κ2) is 9.15. The van der Waals surface area contributed by atoms with E-state index in [4.69, 9.17) is 0 Å². The van der Waals surface area contributed by atoms with Crippen LogP contribution in [0.2, 0.25) is 0 Å². The Balaban J connectivity index is 1.32. The number of carbonyl (C=O) groups excluding carboxylic acids is 3. The first kappa shape index (κ1) is 22.5. The molecule has 1 fully saturated rings. The summed E-state index contributed by atoms with van der Waals surface area (Å²) < 4.78 is 1.46. The van der Waals surface area contributed by atoms with Crippen molar-refractivity contribution < 1.29 is 19.3 Å². The zero-order chi connectivity index (χ0) is 23.8. The minimum absolute atomic E-state index is 0.00976. The molecule has 1 aliphatic carbocycles. The molecule has 0 bridgehead atoms. The number of hydrogen-bond acceptors (Lipinski definition) is 8. The van der Waals surface area contributed by atoms with E-state index in [2.05, 4.69) is 10.3 Å². The van der Waals surface area contributed by atoms with Gasteiger partial charge >= 0.3 is 0 Å². The van der Waals surface area contributed by atoms with Crippen LogP contribution in [0.5, 0.6) is 0 Å². The fraction of sp³-hybridized carbons (Fsp3) is 0.304. The van der Waals surface area contributed by atoms with Gasteiger partial charge in [-0.25, -0.2) is 9.88 Å². The molecule has 1 aliphatic heterocycles. The van der Waals surface area contributed by atoms with Crippen molar-refractivity contribution in [3.05, 3.63) is 57.6 Å². The number of rotatable bonds is 6. The van der Waals surface area contributed by atoms with Gasteiger partial charge in [0.15, 0.2) is 4.34 Å². The Hall–Kier alpha value is -3.31. The van der Waals surface area contributed by atoms with E-state index >= 15 is 0 Å². The van der Waals surface area contributed by atoms with Crippen molar-refractivity contribution in [3.8, 4) is 0 Å². The number of nitrogens with zero attached hydrogens (tertiary/aromatic N) is 3. The highest BCUT2D eigenvalue weighted by Gasteiger charge is 2.41. The zero-order valence-corrected chi connectivity index (χ0v) is 19.6. The van der Waals surface area contributed by atoms with Crippen LogP contribution < -0.4 is 10.2 Å². The standard InChI is InChI=1S/C23H20N4O5S2/c28-19(24-13-5-2-1-3-6-13)12-33-23-25-16-10-9-14(11-18(16)34-23)26-21(29)15-7-4-8-17(27(31)32)20(15)22(26)30/h4,7-11,13H,1-3,5-6,12H2,(H,24,28). The van der Waals surface area contributed by atoms with Crippen LogP contribution in [-0.2, 0) is 4.79 Å². The van der Waals surface area contributed by atoms with E-state index in [0.717, 1.165) is 35.3 Å². The molecule has 11 heteroatoms. The van der Waals surface area contributed by atoms with Gasteiger partial charge in [0.05, 0.1) is 32.1 Å². The van der Waals surface area contributed by atoms with Crippen LogP contribution in [0, 0.1) is 10.1 Å². The van der Waals surface area contributed by atoms with E-state index < -0.39 is 16.7 Å². The normalized spacial score (nSPS) is 16.2. The van der Waals surface area contributed by atoms with Crippen LogP contribution in [0.25, 0.3) is 10.2 Å². The van der Waals surface area contributed by atoms with Crippen LogP contribution >= 0.6 is 23.1 Å². The van der Waals surface area contributed by atoms with Gasteiger partial charge in [0.2, 0.25) is 5.91 Å². The number of thioether (sulfide) groups is 1. The van der Waals surface area contributed by atoms with Gasteiger partial charge < -0.3 is 5.32 Å². The summed E-state index contributed by atoms with van der Waals surface area (Å²) in [5.41, 5.74) is 0.447. The van der Waals surface area contributed by atoms with Crippen LogP contribution in [0.15, 0.2) is 40.7 Å². The van der Waals surface area contributed by atoms with Crippen molar-refractivity contribution in [1.82, 2.24) is 10.3 Å². The lowest BCUT2D eigenvalue weighted by Gasteiger charge is -2.22. The van der Waals surface area contributed by atoms with Gasteiger partial charge in [-0.15, -0.1) is 11.3 Å². The Morgan fingerprint density at radius 1 is 1.18 bits per heavy atom. The number of carbonyl (C=O) groups is 3. The number of nitro groups is 1. The molecular weight excluding hydrogens is 476 g/mol. The summed E-state index contributed by atoms with van der Waals surface area (Å²) in [5, 5.41) is 14.4. The molecule has 9 nitrogen and oxygen atoms in total. The summed E-state index contributed by atoms with van der Waals surface area (Å²) in [5.74, 6) is -1.05. The number of amides is 3. The summed E-state index contributed by atoms with van der Waals surface area (Å²) in [4.78, 5) is 54.3. The van der Waals surface area contributed by atoms with E-state index in [1.165, 1.54) is 47.7 Å². The highest BCUT2D eigenvalue weighted by molar-refractivity contribution is 8.01. The average molecular weight is 497 g/mol. The minimum atomic E-state index is -0.717. The molecule has 0 spiro atoms. The Morgan fingerprint density at radius 2 is 1.97 bits per heavy atom. The largest absolute Gasteiger partial charge is 0.353 e. The average Bonchev–Trinajstić information content (AvgIpc) is 3.36. The van der Waals surface area contributed by atoms with E-state index in [9.17, 15) is 24.5 Å². The molecule has 34 heavy (non-hydrogen) atoms. The zero-order valence-electron chi connectivity index (χ0n) is 18.0. The predicted octanol–water partition coefficient (Wildman–Crippen LogP) is 4.55. The Labute approximate surface area is 202 Å². The lowest BCUT2D eigenvalue weighted by Crippen LogP contribution is -2.37. The SMILES string of the molecule is O=C(CSc1nc2ccc(N3C(=O)c4cccc([N+](=O)[O-])c4C3=O)cc2s1)NC1CCCCC1. The van der Waals surface area contributed by atoms with E-state index in [1.807, 2.05) is 0 Å². The molecule has 0 unspecified atom stereocenters. The maximum Gasteiger partial charge on any atom is 0.283 e. The van der Waals surface area contributed by atoms with Crippen LogP contribution in [-0.4, -0.2) is 39.4 Å².